The van der Waals surface area contributed by atoms with Gasteiger partial charge in [-0.2, -0.15) is 0 Å². The highest BCUT2D eigenvalue weighted by Gasteiger charge is 2.22. The molecule has 0 fully saturated rings. The first-order valence-electron chi connectivity index (χ1n) is 4.90. The van der Waals surface area contributed by atoms with Gasteiger partial charge in [0.1, 0.15) is 6.61 Å². The van der Waals surface area contributed by atoms with Crippen molar-refractivity contribution in [1.82, 2.24) is 0 Å². The van der Waals surface area contributed by atoms with Crippen LogP contribution in [0.2, 0.25) is 0 Å². The van der Waals surface area contributed by atoms with E-state index in [0.717, 1.165) is 0 Å². The van der Waals surface area contributed by atoms with Crippen LogP contribution in [0, 0.1) is 5.41 Å². The summed E-state index contributed by atoms with van der Waals surface area (Å²) in [5.74, 6) is -0.188. The Morgan fingerprint density at radius 3 is 1.71 bits per heavy atom. The highest BCUT2D eigenvalue weighted by molar-refractivity contribution is 5.75. The quantitative estimate of drug-likeness (QED) is 0.577. The Labute approximate surface area is 102 Å². The third-order valence-corrected chi connectivity index (χ3v) is 0.945. The Hall–Kier alpha value is -1.78. The second kappa shape index (κ2) is 12.3. The van der Waals surface area contributed by atoms with Crippen LogP contribution in [0.25, 0.3) is 0 Å². The molecule has 0 unspecified atom stereocenters. The van der Waals surface area contributed by atoms with Crippen LogP contribution in [-0.2, 0) is 9.53 Å². The summed E-state index contributed by atoms with van der Waals surface area (Å²) in [6.07, 6.45) is 1.48. The standard InChI is InChI=1S/C8H14O2.C3H6.CH2O3/c1-5-6-10-7(9)8(2,3)4;1-3-2;2-1(3)4/h5H,1,6H2,2-4H3;3H,1H2,2H3;(H2,2,3,4). The van der Waals surface area contributed by atoms with E-state index in [4.69, 9.17) is 19.7 Å². The molecule has 0 heterocycles. The van der Waals surface area contributed by atoms with Gasteiger partial charge in [-0.3, -0.25) is 4.79 Å². The summed E-state index contributed by atoms with van der Waals surface area (Å²) in [7, 11) is 0. The summed E-state index contributed by atoms with van der Waals surface area (Å²) in [6, 6.07) is 0. The van der Waals surface area contributed by atoms with E-state index in [9.17, 15) is 4.79 Å². The van der Waals surface area contributed by atoms with E-state index < -0.39 is 11.6 Å². The first-order chi connectivity index (χ1) is 7.63. The number of carboxylic acid groups (broad SMARTS) is 2. The van der Waals surface area contributed by atoms with Crippen LogP contribution in [0.1, 0.15) is 27.7 Å². The molecular weight excluding hydrogens is 224 g/mol. The van der Waals surface area contributed by atoms with Crippen molar-refractivity contribution in [1.29, 1.82) is 0 Å². The van der Waals surface area contributed by atoms with Crippen LogP contribution >= 0.6 is 0 Å². The summed E-state index contributed by atoms with van der Waals surface area (Å²) in [5, 5.41) is 13.9. The van der Waals surface area contributed by atoms with Crippen molar-refractivity contribution in [2.45, 2.75) is 27.7 Å². The molecule has 0 rings (SSSR count). The van der Waals surface area contributed by atoms with Crippen molar-refractivity contribution >= 4 is 12.1 Å². The summed E-state index contributed by atoms with van der Waals surface area (Å²) < 4.78 is 4.80. The average Bonchev–Trinajstić information content (AvgIpc) is 2.12. The van der Waals surface area contributed by atoms with Crippen LogP contribution in [0.5, 0.6) is 0 Å². The topological polar surface area (TPSA) is 83.8 Å². The van der Waals surface area contributed by atoms with Gasteiger partial charge in [-0.05, 0) is 27.7 Å². The zero-order valence-corrected chi connectivity index (χ0v) is 10.9. The molecule has 0 aromatic rings. The fourth-order valence-corrected chi connectivity index (χ4v) is 0.351. The van der Waals surface area contributed by atoms with Crippen LogP contribution in [0.3, 0.4) is 0 Å². The zero-order chi connectivity index (χ0) is 14.5. The number of hydrogen-bond donors (Lipinski definition) is 2. The van der Waals surface area contributed by atoms with Crippen LogP contribution < -0.4 is 0 Å². The Morgan fingerprint density at radius 1 is 1.24 bits per heavy atom. The molecule has 0 aromatic carbocycles. The Bertz CT molecular complexity index is 234. The minimum atomic E-state index is -1.83. The Kier molecular flexibility index (Phi) is 14.9. The Morgan fingerprint density at radius 2 is 1.53 bits per heavy atom. The van der Waals surface area contributed by atoms with Crippen molar-refractivity contribution < 1.29 is 24.5 Å². The summed E-state index contributed by atoms with van der Waals surface area (Å²) in [5.41, 5.74) is -0.400. The minimum absolute atomic E-state index is 0.188. The van der Waals surface area contributed by atoms with Gasteiger partial charge < -0.3 is 14.9 Å². The predicted molar refractivity (Wildman–Crippen MR) is 67.1 cm³/mol. The van der Waals surface area contributed by atoms with Gasteiger partial charge in [0.05, 0.1) is 5.41 Å². The number of ether oxygens (including phenoxy) is 1. The van der Waals surface area contributed by atoms with Crippen LogP contribution in [0.15, 0.2) is 25.3 Å². The molecule has 0 amide bonds. The van der Waals surface area contributed by atoms with E-state index in [1.165, 1.54) is 0 Å². The highest BCUT2D eigenvalue weighted by atomic mass is 16.6. The normalized spacial score (nSPS) is 8.47. The summed E-state index contributed by atoms with van der Waals surface area (Å²) in [4.78, 5) is 19.5. The molecule has 0 bridgehead atoms. The van der Waals surface area contributed by atoms with E-state index >= 15 is 0 Å². The number of allylic oxidation sites excluding steroid dienone is 1. The van der Waals surface area contributed by atoms with Crippen LogP contribution in [0.4, 0.5) is 4.79 Å². The molecule has 2 N–H and O–H groups in total. The van der Waals surface area contributed by atoms with Gasteiger partial charge >= 0.3 is 12.1 Å². The van der Waals surface area contributed by atoms with Gasteiger partial charge in [0, 0.05) is 0 Å². The molecule has 0 atom stereocenters. The van der Waals surface area contributed by atoms with Gasteiger partial charge in [0.25, 0.3) is 0 Å². The third-order valence-electron chi connectivity index (χ3n) is 0.945. The second-order valence-electron chi connectivity index (χ2n) is 3.83. The third kappa shape index (κ3) is 31.4. The first-order valence-corrected chi connectivity index (χ1v) is 4.90. The molecule has 0 saturated carbocycles. The van der Waals surface area contributed by atoms with Gasteiger partial charge in [0.15, 0.2) is 0 Å². The van der Waals surface area contributed by atoms with E-state index in [-0.39, 0.29) is 5.97 Å². The lowest BCUT2D eigenvalue weighted by atomic mass is 9.97. The maximum Gasteiger partial charge on any atom is 0.503 e. The largest absolute Gasteiger partial charge is 0.503 e. The molecular formula is C12H22O5. The van der Waals surface area contributed by atoms with Crippen molar-refractivity contribution in [3.8, 4) is 0 Å². The van der Waals surface area contributed by atoms with Crippen molar-refractivity contribution in [3.63, 3.8) is 0 Å². The number of esters is 1. The SMILES string of the molecule is C=CC.C=CCOC(=O)C(C)(C)C.O=C(O)O. The van der Waals surface area contributed by atoms with Crippen molar-refractivity contribution in [2.24, 2.45) is 5.41 Å². The van der Waals surface area contributed by atoms with Crippen molar-refractivity contribution in [3.05, 3.63) is 25.3 Å². The molecule has 5 heteroatoms. The van der Waals surface area contributed by atoms with Crippen molar-refractivity contribution in [2.75, 3.05) is 6.61 Å². The Balaban J connectivity index is -0.000000232. The lowest BCUT2D eigenvalue weighted by molar-refractivity contribution is -0.151. The van der Waals surface area contributed by atoms with E-state index in [2.05, 4.69) is 13.2 Å². The molecule has 0 aliphatic heterocycles. The predicted octanol–water partition coefficient (Wildman–Crippen LogP) is 3.18. The lowest BCUT2D eigenvalue weighted by Crippen LogP contribution is -2.22. The molecule has 0 aromatic heterocycles. The average molecular weight is 246 g/mol. The molecule has 100 valence electrons. The van der Waals surface area contributed by atoms with Crippen LogP contribution in [-0.4, -0.2) is 28.9 Å². The minimum Gasteiger partial charge on any atom is -0.461 e. The smallest absolute Gasteiger partial charge is 0.461 e. The molecule has 0 spiro atoms. The summed E-state index contributed by atoms with van der Waals surface area (Å²) >= 11 is 0. The molecule has 0 saturated heterocycles. The zero-order valence-electron chi connectivity index (χ0n) is 10.9. The molecule has 5 nitrogen and oxygen atoms in total. The van der Waals surface area contributed by atoms with E-state index in [1.54, 1.807) is 12.2 Å². The molecule has 17 heavy (non-hydrogen) atoms. The number of carbonyl (C=O) groups is 2. The van der Waals surface area contributed by atoms with E-state index in [1.807, 2.05) is 27.7 Å². The fourth-order valence-electron chi connectivity index (χ4n) is 0.351. The second-order valence-corrected chi connectivity index (χ2v) is 3.83. The number of rotatable bonds is 2. The van der Waals surface area contributed by atoms with E-state index in [0.29, 0.717) is 6.61 Å². The van der Waals surface area contributed by atoms with Gasteiger partial charge in [-0.1, -0.05) is 18.7 Å². The summed E-state index contributed by atoms with van der Waals surface area (Å²) in [6.45, 7) is 14.4. The fraction of sp³-hybridized carbons (Fsp3) is 0.500. The lowest BCUT2D eigenvalue weighted by Gasteiger charge is -2.15. The number of hydrogen-bond acceptors (Lipinski definition) is 3. The number of carbonyl (C=O) groups excluding carboxylic acids is 1. The van der Waals surface area contributed by atoms with Gasteiger partial charge in [-0.15, -0.1) is 6.58 Å². The van der Waals surface area contributed by atoms with Gasteiger partial charge in [-0.25, -0.2) is 4.79 Å². The monoisotopic (exact) mass is 246 g/mol. The van der Waals surface area contributed by atoms with Gasteiger partial charge in [0.2, 0.25) is 0 Å². The highest BCUT2D eigenvalue weighted by Crippen LogP contribution is 2.14. The molecule has 0 aliphatic carbocycles. The first kappa shape index (κ1) is 20.6. The molecule has 0 aliphatic rings. The maximum absolute atomic E-state index is 11.0. The maximum atomic E-state index is 11.0. The molecule has 0 radical (unpaired) electrons.